The lowest BCUT2D eigenvalue weighted by molar-refractivity contribution is -0.118. The summed E-state index contributed by atoms with van der Waals surface area (Å²) in [6.07, 6.45) is 2.06. The number of unbranched alkanes of at least 4 members (excludes halogenated alkanes) is 1. The van der Waals surface area contributed by atoms with Gasteiger partial charge in [0.1, 0.15) is 29.4 Å². The second-order valence-corrected chi connectivity index (χ2v) is 9.16. The van der Waals surface area contributed by atoms with Gasteiger partial charge in [-0.05, 0) is 71.3 Å². The topological polar surface area (TPSA) is 103 Å². The van der Waals surface area contributed by atoms with E-state index in [-0.39, 0.29) is 23.9 Å². The summed E-state index contributed by atoms with van der Waals surface area (Å²) in [5.41, 5.74) is 7.82. The van der Waals surface area contributed by atoms with Crippen molar-refractivity contribution in [3.05, 3.63) is 92.8 Å². The fourth-order valence-corrected chi connectivity index (χ4v) is 4.28. The summed E-state index contributed by atoms with van der Waals surface area (Å²) in [5.74, 6) is 0.803. The molecule has 0 atom stereocenters. The highest BCUT2D eigenvalue weighted by molar-refractivity contribution is 14.1. The molecular formula is C27H24INO5. The van der Waals surface area contributed by atoms with Crippen molar-refractivity contribution in [1.82, 2.24) is 0 Å². The summed E-state index contributed by atoms with van der Waals surface area (Å²) in [5, 5.41) is 10.5. The van der Waals surface area contributed by atoms with Gasteiger partial charge >= 0.3 is 0 Å². The van der Waals surface area contributed by atoms with Gasteiger partial charge in [-0.1, -0.05) is 30.3 Å². The number of nitrogens with two attached hydrogens (primary N) is 1. The zero-order valence-electron chi connectivity index (χ0n) is 18.4. The molecule has 7 heteroatoms. The second-order valence-electron chi connectivity index (χ2n) is 8.00. The number of furan rings is 1. The minimum atomic E-state index is -0.347. The summed E-state index contributed by atoms with van der Waals surface area (Å²) < 4.78 is 12.6. The number of benzene rings is 3. The summed E-state index contributed by atoms with van der Waals surface area (Å²) >= 11 is 1.99. The average molecular weight is 569 g/mol. The standard InChI is InChI=1S/C27H24INO5/c28-21-14-18(10-13-22(21)30)27(32)26-20-12-11-19(33-16-17-6-2-1-3-7-17)15-24(20)34-23(26)8-4-5-9-25(29)31/h1-3,6-7,10-15,30H,4-5,8-9,16H2,(H2,29,31). The largest absolute Gasteiger partial charge is 0.507 e. The fraction of sp³-hybridized carbons (Fsp3) is 0.185. The molecule has 6 nitrogen and oxygen atoms in total. The Morgan fingerprint density at radius 2 is 1.79 bits per heavy atom. The van der Waals surface area contributed by atoms with Crippen LogP contribution in [0.15, 0.2) is 71.1 Å². The van der Waals surface area contributed by atoms with Gasteiger partial charge in [0.2, 0.25) is 5.91 Å². The van der Waals surface area contributed by atoms with Crippen molar-refractivity contribution in [2.75, 3.05) is 0 Å². The molecule has 34 heavy (non-hydrogen) atoms. The maximum absolute atomic E-state index is 13.5. The first-order valence-electron chi connectivity index (χ1n) is 11.0. The maximum Gasteiger partial charge on any atom is 0.217 e. The molecule has 0 aliphatic carbocycles. The number of ketones is 1. The number of aryl methyl sites for hydroxylation is 1. The quantitative estimate of drug-likeness (QED) is 0.144. The number of amides is 1. The molecule has 0 aliphatic rings. The van der Waals surface area contributed by atoms with E-state index in [1.165, 1.54) is 6.07 Å². The molecule has 3 aromatic carbocycles. The molecule has 0 bridgehead atoms. The number of carbonyl (C=O) groups excluding carboxylic acids is 2. The molecule has 0 unspecified atom stereocenters. The van der Waals surface area contributed by atoms with E-state index in [1.807, 2.05) is 65.1 Å². The number of ether oxygens (including phenoxy) is 1. The van der Waals surface area contributed by atoms with E-state index < -0.39 is 0 Å². The Hall–Kier alpha value is -3.33. The van der Waals surface area contributed by atoms with Crippen molar-refractivity contribution in [1.29, 1.82) is 0 Å². The normalized spacial score (nSPS) is 11.0. The minimum absolute atomic E-state index is 0.126. The fourth-order valence-electron chi connectivity index (χ4n) is 3.76. The Kier molecular flexibility index (Phi) is 7.52. The Morgan fingerprint density at radius 3 is 2.53 bits per heavy atom. The number of halogens is 1. The Bertz CT molecular complexity index is 1330. The smallest absolute Gasteiger partial charge is 0.217 e. The van der Waals surface area contributed by atoms with E-state index in [4.69, 9.17) is 14.9 Å². The zero-order valence-corrected chi connectivity index (χ0v) is 20.6. The predicted molar refractivity (Wildman–Crippen MR) is 138 cm³/mol. The van der Waals surface area contributed by atoms with Gasteiger partial charge in [0.25, 0.3) is 0 Å². The van der Waals surface area contributed by atoms with E-state index >= 15 is 0 Å². The Morgan fingerprint density at radius 1 is 1.00 bits per heavy atom. The summed E-state index contributed by atoms with van der Waals surface area (Å²) in [6.45, 7) is 0.421. The van der Waals surface area contributed by atoms with Crippen LogP contribution in [0.4, 0.5) is 0 Å². The lowest BCUT2D eigenvalue weighted by Gasteiger charge is -2.06. The lowest BCUT2D eigenvalue weighted by atomic mass is 9.98. The van der Waals surface area contributed by atoms with Gasteiger partial charge in [0.15, 0.2) is 5.78 Å². The van der Waals surface area contributed by atoms with Crippen LogP contribution in [0.1, 0.15) is 46.5 Å². The van der Waals surface area contributed by atoms with Crippen LogP contribution in [0, 0.1) is 3.57 Å². The molecule has 0 saturated carbocycles. The third-order valence-corrected chi connectivity index (χ3v) is 6.36. The molecule has 0 spiro atoms. The highest BCUT2D eigenvalue weighted by atomic mass is 127. The van der Waals surface area contributed by atoms with Crippen molar-refractivity contribution >= 4 is 45.3 Å². The number of fused-ring (bicyclic) bond motifs is 1. The van der Waals surface area contributed by atoms with E-state index in [2.05, 4.69) is 0 Å². The van der Waals surface area contributed by atoms with Crippen LogP contribution in [0.2, 0.25) is 0 Å². The van der Waals surface area contributed by atoms with Crippen molar-refractivity contribution < 1.29 is 23.8 Å². The molecule has 0 fully saturated rings. The first kappa shape index (κ1) is 23.8. The van der Waals surface area contributed by atoms with Crippen LogP contribution >= 0.6 is 22.6 Å². The number of aromatic hydroxyl groups is 1. The monoisotopic (exact) mass is 569 g/mol. The second kappa shape index (κ2) is 10.7. The Labute approximate surface area is 210 Å². The predicted octanol–water partition coefficient (Wildman–Crippen LogP) is 5.75. The lowest BCUT2D eigenvalue weighted by Crippen LogP contribution is -2.10. The van der Waals surface area contributed by atoms with Crippen molar-refractivity contribution in [2.24, 2.45) is 5.73 Å². The molecule has 1 aromatic heterocycles. The van der Waals surface area contributed by atoms with Crippen molar-refractivity contribution in [2.45, 2.75) is 32.3 Å². The first-order valence-corrected chi connectivity index (χ1v) is 12.0. The molecular weight excluding hydrogens is 545 g/mol. The van der Waals surface area contributed by atoms with Crippen molar-refractivity contribution in [3.63, 3.8) is 0 Å². The number of phenols is 1. The molecule has 1 heterocycles. The van der Waals surface area contributed by atoms with Gasteiger partial charge in [0, 0.05) is 29.9 Å². The van der Waals surface area contributed by atoms with Gasteiger partial charge in [-0.2, -0.15) is 0 Å². The number of phenolic OH excluding ortho intramolecular Hbond substituents is 1. The summed E-state index contributed by atoms with van der Waals surface area (Å²) in [6, 6.07) is 20.1. The van der Waals surface area contributed by atoms with Crippen LogP contribution in [-0.2, 0) is 17.8 Å². The number of rotatable bonds is 10. The number of primary amides is 1. The molecule has 0 saturated heterocycles. The summed E-state index contributed by atoms with van der Waals surface area (Å²) in [7, 11) is 0. The molecule has 4 aromatic rings. The third kappa shape index (κ3) is 5.59. The van der Waals surface area contributed by atoms with Crippen LogP contribution in [-0.4, -0.2) is 16.8 Å². The highest BCUT2D eigenvalue weighted by Crippen LogP contribution is 2.33. The zero-order chi connectivity index (χ0) is 24.1. The van der Waals surface area contributed by atoms with E-state index in [9.17, 15) is 14.7 Å². The van der Waals surface area contributed by atoms with Gasteiger partial charge in [0.05, 0.1) is 9.13 Å². The van der Waals surface area contributed by atoms with Crippen molar-refractivity contribution in [3.8, 4) is 11.5 Å². The van der Waals surface area contributed by atoms with Crippen LogP contribution < -0.4 is 10.5 Å². The van der Waals surface area contributed by atoms with Gasteiger partial charge < -0.3 is 20.0 Å². The van der Waals surface area contributed by atoms with Crippen LogP contribution in [0.3, 0.4) is 0 Å². The third-order valence-electron chi connectivity index (χ3n) is 5.50. The number of hydrogen-bond donors (Lipinski definition) is 2. The molecule has 0 aliphatic heterocycles. The first-order chi connectivity index (χ1) is 16.4. The molecule has 4 rings (SSSR count). The van der Waals surface area contributed by atoms with Gasteiger partial charge in [-0.3, -0.25) is 9.59 Å². The Balaban J connectivity index is 1.65. The molecule has 174 valence electrons. The van der Waals surface area contributed by atoms with Crippen LogP contribution in [0.5, 0.6) is 11.5 Å². The van der Waals surface area contributed by atoms with E-state index in [0.717, 1.165) is 5.56 Å². The molecule has 3 N–H and O–H groups in total. The van der Waals surface area contributed by atoms with E-state index in [1.54, 1.807) is 18.2 Å². The highest BCUT2D eigenvalue weighted by Gasteiger charge is 2.23. The number of hydrogen-bond acceptors (Lipinski definition) is 5. The van der Waals surface area contributed by atoms with Crippen LogP contribution in [0.25, 0.3) is 11.0 Å². The van der Waals surface area contributed by atoms with Gasteiger partial charge in [-0.25, -0.2) is 0 Å². The number of carbonyl (C=O) groups is 2. The molecule has 1 amide bonds. The summed E-state index contributed by atoms with van der Waals surface area (Å²) in [4.78, 5) is 24.6. The van der Waals surface area contributed by atoms with Gasteiger partial charge in [-0.15, -0.1) is 0 Å². The van der Waals surface area contributed by atoms with E-state index in [0.29, 0.717) is 63.0 Å². The average Bonchev–Trinajstić information content (AvgIpc) is 3.19. The molecule has 0 radical (unpaired) electrons. The SMILES string of the molecule is NC(=O)CCCCc1oc2cc(OCc3ccccc3)ccc2c1C(=O)c1ccc(O)c(I)c1. The maximum atomic E-state index is 13.5. The minimum Gasteiger partial charge on any atom is -0.507 e.